The van der Waals surface area contributed by atoms with Crippen molar-refractivity contribution in [2.75, 3.05) is 0 Å². The first-order chi connectivity index (χ1) is 10.7. The van der Waals surface area contributed by atoms with Crippen LogP contribution >= 0.6 is 27.3 Å². The quantitative estimate of drug-likeness (QED) is 0.557. The van der Waals surface area contributed by atoms with Crippen LogP contribution in [0.1, 0.15) is 41.7 Å². The van der Waals surface area contributed by atoms with E-state index in [9.17, 15) is 0 Å². The lowest BCUT2D eigenvalue weighted by Crippen LogP contribution is -1.98. The van der Waals surface area contributed by atoms with Gasteiger partial charge in [-0.1, -0.05) is 63.5 Å². The molecule has 1 aromatic carbocycles. The summed E-state index contributed by atoms with van der Waals surface area (Å²) < 4.78 is 1.21. The van der Waals surface area contributed by atoms with E-state index in [2.05, 4.69) is 76.8 Å². The number of hydrogen-bond acceptors (Lipinski definition) is 1. The number of rotatable bonds is 3. The van der Waals surface area contributed by atoms with Crippen LogP contribution in [0.25, 0.3) is 11.6 Å². The Morgan fingerprint density at radius 2 is 2.09 bits per heavy atom. The van der Waals surface area contributed by atoms with E-state index < -0.39 is 0 Å². The van der Waals surface area contributed by atoms with Crippen LogP contribution in [0.5, 0.6) is 0 Å². The summed E-state index contributed by atoms with van der Waals surface area (Å²) in [4.78, 5) is 1.39. The molecule has 0 amide bonds. The molecule has 4 rings (SSSR count). The molecule has 0 fully saturated rings. The van der Waals surface area contributed by atoms with E-state index in [1.54, 1.807) is 5.57 Å². The number of hydrogen-bond donors (Lipinski definition) is 0. The van der Waals surface area contributed by atoms with E-state index in [0.717, 1.165) is 12.8 Å². The van der Waals surface area contributed by atoms with Crippen molar-refractivity contribution >= 4 is 38.9 Å². The van der Waals surface area contributed by atoms with Gasteiger partial charge in [-0.25, -0.2) is 0 Å². The summed E-state index contributed by atoms with van der Waals surface area (Å²) in [5.74, 6) is 0.537. The van der Waals surface area contributed by atoms with Crippen molar-refractivity contribution in [3.8, 4) is 0 Å². The molecule has 1 aromatic heterocycles. The van der Waals surface area contributed by atoms with Gasteiger partial charge in [0.1, 0.15) is 0 Å². The normalized spacial score (nSPS) is 19.7. The molecule has 1 unspecified atom stereocenters. The molecule has 2 aliphatic rings. The van der Waals surface area contributed by atoms with E-state index in [1.807, 2.05) is 11.3 Å². The van der Waals surface area contributed by atoms with Gasteiger partial charge in [-0.3, -0.25) is 0 Å². The monoisotopic (exact) mass is 368 g/mol. The average molecular weight is 369 g/mol. The molecule has 0 saturated heterocycles. The van der Waals surface area contributed by atoms with Crippen molar-refractivity contribution in [3.63, 3.8) is 0 Å². The summed E-state index contributed by atoms with van der Waals surface area (Å²) in [5.41, 5.74) is 7.27. The topological polar surface area (TPSA) is 0 Å². The maximum absolute atomic E-state index is 3.68. The maximum Gasteiger partial charge on any atom is 0.0339 e. The highest BCUT2D eigenvalue weighted by Crippen LogP contribution is 2.44. The van der Waals surface area contributed by atoms with Gasteiger partial charge >= 0.3 is 0 Å². The second-order valence-corrected chi connectivity index (χ2v) is 7.83. The fraction of sp³-hybridized carbons (Fsp3) is 0.200. The predicted octanol–water partition coefficient (Wildman–Crippen LogP) is 6.81. The highest BCUT2D eigenvalue weighted by Gasteiger charge is 2.25. The molecule has 1 atom stereocenters. The van der Waals surface area contributed by atoms with E-state index in [0.29, 0.717) is 5.92 Å². The van der Waals surface area contributed by atoms with Crippen LogP contribution in [-0.4, -0.2) is 0 Å². The number of thiophene rings is 1. The molecule has 110 valence electrons. The zero-order chi connectivity index (χ0) is 15.1. The van der Waals surface area contributed by atoms with Gasteiger partial charge < -0.3 is 0 Å². The minimum Gasteiger partial charge on any atom is -0.144 e. The molecule has 0 N–H and O–H groups in total. The molecule has 2 aromatic rings. The lowest BCUT2D eigenvalue weighted by molar-refractivity contribution is 0.784. The van der Waals surface area contributed by atoms with Crippen molar-refractivity contribution in [2.24, 2.45) is 0 Å². The van der Waals surface area contributed by atoms with Crippen molar-refractivity contribution < 1.29 is 0 Å². The zero-order valence-electron chi connectivity index (χ0n) is 12.5. The third kappa shape index (κ3) is 2.45. The van der Waals surface area contributed by atoms with E-state index in [-0.39, 0.29) is 0 Å². The van der Waals surface area contributed by atoms with Crippen LogP contribution in [0.15, 0.2) is 63.5 Å². The maximum atomic E-state index is 3.68. The molecule has 0 radical (unpaired) electrons. The second-order valence-electron chi connectivity index (χ2n) is 6.03. The van der Waals surface area contributed by atoms with E-state index >= 15 is 0 Å². The Labute approximate surface area is 144 Å². The van der Waals surface area contributed by atoms with Gasteiger partial charge in [0.2, 0.25) is 0 Å². The largest absolute Gasteiger partial charge is 0.144 e. The summed E-state index contributed by atoms with van der Waals surface area (Å²) in [6, 6.07) is 10.9. The Bertz CT molecular complexity index is 806. The molecular weight excluding hydrogens is 352 g/mol. The molecule has 0 nitrogen and oxygen atoms in total. The first-order valence-corrected chi connectivity index (χ1v) is 9.30. The van der Waals surface area contributed by atoms with Gasteiger partial charge in [0, 0.05) is 15.3 Å². The fourth-order valence-electron chi connectivity index (χ4n) is 3.45. The van der Waals surface area contributed by atoms with Gasteiger partial charge in [0.25, 0.3) is 0 Å². The minimum absolute atomic E-state index is 0.537. The molecule has 1 heterocycles. The first kappa shape index (κ1) is 14.2. The highest BCUT2D eigenvalue weighted by atomic mass is 79.9. The van der Waals surface area contributed by atoms with E-state index in [4.69, 9.17) is 0 Å². The molecule has 2 heteroatoms. The third-order valence-electron chi connectivity index (χ3n) is 4.60. The summed E-state index contributed by atoms with van der Waals surface area (Å²) in [6.45, 7) is 2.26. The van der Waals surface area contributed by atoms with Crippen molar-refractivity contribution in [1.82, 2.24) is 0 Å². The summed E-state index contributed by atoms with van der Waals surface area (Å²) >= 11 is 5.51. The molecule has 2 aliphatic carbocycles. The lowest BCUT2D eigenvalue weighted by atomic mass is 9.89. The standard InChI is InChI=1S/C20H17BrS/c1-13-10-18-16(4-2-5-19(18)21)17(13)12-14-7-8-15(11-14)20-6-3-9-22-20/h2-6,8-11,17H,7,12H2,1H3. The first-order valence-electron chi connectivity index (χ1n) is 7.62. The van der Waals surface area contributed by atoms with Crippen molar-refractivity contribution in [1.29, 1.82) is 0 Å². The number of fused-ring (bicyclic) bond motifs is 1. The Morgan fingerprint density at radius 3 is 2.91 bits per heavy atom. The number of benzene rings is 1. The fourth-order valence-corrected chi connectivity index (χ4v) is 4.69. The highest BCUT2D eigenvalue weighted by molar-refractivity contribution is 9.10. The molecular formula is C20H17BrS. The minimum atomic E-state index is 0.537. The van der Waals surface area contributed by atoms with Crippen LogP contribution in [0, 0.1) is 0 Å². The SMILES string of the molecule is CC1=Cc2c(Br)cccc2C1CC1=CC(c2cccs2)=CC1. The summed E-state index contributed by atoms with van der Waals surface area (Å²) in [6.07, 6.45) is 9.34. The Hall–Kier alpha value is -1.38. The second kappa shape index (κ2) is 5.68. The molecule has 0 spiro atoms. The van der Waals surface area contributed by atoms with E-state index in [1.165, 1.54) is 31.6 Å². The van der Waals surface area contributed by atoms with Crippen molar-refractivity contribution in [3.05, 3.63) is 79.5 Å². The van der Waals surface area contributed by atoms with Gasteiger partial charge in [-0.05, 0) is 54.0 Å². The van der Waals surface area contributed by atoms with Gasteiger partial charge in [-0.15, -0.1) is 11.3 Å². The molecule has 0 aliphatic heterocycles. The van der Waals surface area contributed by atoms with Crippen LogP contribution in [0.2, 0.25) is 0 Å². The van der Waals surface area contributed by atoms with Gasteiger partial charge in [-0.2, -0.15) is 0 Å². The predicted molar refractivity (Wildman–Crippen MR) is 100 cm³/mol. The molecule has 0 saturated carbocycles. The summed E-state index contributed by atoms with van der Waals surface area (Å²) in [7, 11) is 0. The van der Waals surface area contributed by atoms with Gasteiger partial charge in [0.05, 0.1) is 0 Å². The van der Waals surface area contributed by atoms with Crippen LogP contribution in [-0.2, 0) is 0 Å². The number of allylic oxidation sites excluding steroid dienone is 5. The van der Waals surface area contributed by atoms with Crippen LogP contribution in [0.4, 0.5) is 0 Å². The lowest BCUT2D eigenvalue weighted by Gasteiger charge is -2.15. The molecule has 0 bridgehead atoms. The third-order valence-corrected chi connectivity index (χ3v) is 6.21. The Kier molecular flexibility index (Phi) is 3.67. The average Bonchev–Trinajstić information content (AvgIpc) is 3.22. The van der Waals surface area contributed by atoms with Gasteiger partial charge in [0.15, 0.2) is 0 Å². The Morgan fingerprint density at radius 1 is 1.18 bits per heavy atom. The summed E-state index contributed by atoms with van der Waals surface area (Å²) in [5, 5.41) is 2.15. The zero-order valence-corrected chi connectivity index (χ0v) is 14.9. The smallest absolute Gasteiger partial charge is 0.0339 e. The van der Waals surface area contributed by atoms with Crippen LogP contribution < -0.4 is 0 Å². The number of halogens is 1. The molecule has 22 heavy (non-hydrogen) atoms. The Balaban J connectivity index is 1.58. The van der Waals surface area contributed by atoms with Crippen molar-refractivity contribution in [2.45, 2.75) is 25.7 Å². The van der Waals surface area contributed by atoms with Crippen LogP contribution in [0.3, 0.4) is 0 Å².